The Balaban J connectivity index is 1.31. The minimum absolute atomic E-state index is 0.116. The number of carbonyl (C=O) groups excluding carboxylic acids is 1. The first kappa shape index (κ1) is 19.8. The molecule has 1 fully saturated rings. The average molecular weight is 405 g/mol. The van der Waals surface area contributed by atoms with Crippen molar-refractivity contribution in [3.05, 3.63) is 82.4 Å². The summed E-state index contributed by atoms with van der Waals surface area (Å²) in [4.78, 5) is 27.2. The lowest BCUT2D eigenvalue weighted by Gasteiger charge is -2.34. The van der Waals surface area contributed by atoms with Gasteiger partial charge in [0.15, 0.2) is 12.4 Å². The van der Waals surface area contributed by atoms with E-state index in [1.807, 2.05) is 6.07 Å². The molecule has 7 heteroatoms. The molecule has 3 aromatic rings. The van der Waals surface area contributed by atoms with Crippen LogP contribution in [0.15, 0.2) is 66.7 Å². The monoisotopic (exact) mass is 405 g/mol. The number of nitro groups is 1. The summed E-state index contributed by atoms with van der Waals surface area (Å²) in [6, 6.07) is 20.8. The van der Waals surface area contributed by atoms with E-state index >= 15 is 0 Å². The van der Waals surface area contributed by atoms with Gasteiger partial charge in [0.1, 0.15) is 0 Å². The number of piperazine rings is 1. The molecule has 0 radical (unpaired) electrons. The predicted molar refractivity (Wildman–Crippen MR) is 114 cm³/mol. The molecule has 0 spiro atoms. The van der Waals surface area contributed by atoms with Crippen molar-refractivity contribution in [3.8, 4) is 5.75 Å². The zero-order valence-corrected chi connectivity index (χ0v) is 16.6. The Labute approximate surface area is 174 Å². The lowest BCUT2D eigenvalue weighted by Crippen LogP contribution is -2.49. The van der Waals surface area contributed by atoms with Gasteiger partial charge in [-0.25, -0.2) is 0 Å². The molecule has 0 unspecified atom stereocenters. The van der Waals surface area contributed by atoms with Crippen LogP contribution in [-0.2, 0) is 11.3 Å². The molecule has 1 amide bonds. The Bertz CT molecular complexity index is 1060. The molecule has 0 aliphatic carbocycles. The summed E-state index contributed by atoms with van der Waals surface area (Å²) < 4.78 is 5.44. The lowest BCUT2D eigenvalue weighted by molar-refractivity contribution is -0.385. The maximum Gasteiger partial charge on any atom is 0.310 e. The number of hydrogen-bond acceptors (Lipinski definition) is 5. The number of nitrogens with zero attached hydrogens (tertiary/aromatic N) is 3. The van der Waals surface area contributed by atoms with E-state index in [1.165, 1.54) is 28.5 Å². The Hall–Kier alpha value is -3.45. The number of benzene rings is 3. The molecule has 0 N–H and O–H groups in total. The van der Waals surface area contributed by atoms with Crippen LogP contribution in [0.4, 0.5) is 5.69 Å². The molecule has 1 aliphatic heterocycles. The van der Waals surface area contributed by atoms with Crippen LogP contribution in [0.25, 0.3) is 10.8 Å². The van der Waals surface area contributed by atoms with Crippen molar-refractivity contribution in [2.75, 3.05) is 32.8 Å². The molecule has 0 bridgehead atoms. The summed E-state index contributed by atoms with van der Waals surface area (Å²) in [6.45, 7) is 3.43. The molecule has 0 aromatic heterocycles. The fourth-order valence-corrected chi connectivity index (χ4v) is 3.79. The number of ether oxygens (including phenoxy) is 1. The predicted octanol–water partition coefficient (Wildman–Crippen LogP) is 3.47. The topological polar surface area (TPSA) is 75.9 Å². The highest BCUT2D eigenvalue weighted by Gasteiger charge is 2.23. The van der Waals surface area contributed by atoms with Crippen LogP contribution in [0.2, 0.25) is 0 Å². The maximum absolute atomic E-state index is 12.5. The summed E-state index contributed by atoms with van der Waals surface area (Å²) in [5, 5.41) is 13.6. The van der Waals surface area contributed by atoms with E-state index < -0.39 is 4.92 Å². The number of fused-ring (bicyclic) bond motifs is 1. The summed E-state index contributed by atoms with van der Waals surface area (Å²) in [6.07, 6.45) is 0. The number of carbonyl (C=O) groups is 1. The Kier molecular flexibility index (Phi) is 5.90. The molecule has 7 nitrogen and oxygen atoms in total. The number of rotatable bonds is 6. The van der Waals surface area contributed by atoms with Crippen LogP contribution in [-0.4, -0.2) is 53.4 Å². The summed E-state index contributed by atoms with van der Waals surface area (Å²) in [5.74, 6) is -0.0385. The zero-order chi connectivity index (χ0) is 20.9. The summed E-state index contributed by atoms with van der Waals surface area (Å²) in [5.41, 5.74) is 1.15. The van der Waals surface area contributed by atoms with Gasteiger partial charge >= 0.3 is 5.69 Å². The second-order valence-corrected chi connectivity index (χ2v) is 7.31. The SMILES string of the molecule is O=C(COc1ccccc1[N+](=O)[O-])N1CCN(Cc2cccc3ccccc23)CC1. The van der Waals surface area contributed by atoms with Gasteiger partial charge in [-0.1, -0.05) is 54.6 Å². The fraction of sp³-hybridized carbons (Fsp3) is 0.261. The van der Waals surface area contributed by atoms with Crippen molar-refractivity contribution in [1.29, 1.82) is 0 Å². The second-order valence-electron chi connectivity index (χ2n) is 7.31. The third-order valence-corrected chi connectivity index (χ3v) is 5.41. The third kappa shape index (κ3) is 4.41. The third-order valence-electron chi connectivity index (χ3n) is 5.41. The van der Waals surface area contributed by atoms with Gasteiger partial charge in [0.25, 0.3) is 5.91 Å². The molecule has 1 aliphatic rings. The molecule has 1 saturated heterocycles. The number of para-hydroxylation sites is 2. The second kappa shape index (κ2) is 8.92. The van der Waals surface area contributed by atoms with Crippen LogP contribution in [0.1, 0.15) is 5.56 Å². The van der Waals surface area contributed by atoms with Crippen molar-refractivity contribution >= 4 is 22.4 Å². The minimum Gasteiger partial charge on any atom is -0.477 e. The maximum atomic E-state index is 12.5. The smallest absolute Gasteiger partial charge is 0.310 e. The van der Waals surface area contributed by atoms with Gasteiger partial charge in [-0.2, -0.15) is 0 Å². The number of nitro benzene ring substituents is 1. The van der Waals surface area contributed by atoms with Gasteiger partial charge < -0.3 is 9.64 Å². The van der Waals surface area contributed by atoms with Crippen molar-refractivity contribution in [3.63, 3.8) is 0 Å². The van der Waals surface area contributed by atoms with E-state index in [0.717, 1.165) is 19.6 Å². The van der Waals surface area contributed by atoms with Crippen LogP contribution in [0.5, 0.6) is 5.75 Å². The van der Waals surface area contributed by atoms with Gasteiger partial charge in [0, 0.05) is 38.8 Å². The van der Waals surface area contributed by atoms with E-state index in [4.69, 9.17) is 4.74 Å². The Morgan fingerprint density at radius 2 is 1.63 bits per heavy atom. The minimum atomic E-state index is -0.508. The molecular formula is C23H23N3O4. The molecule has 3 aromatic carbocycles. The van der Waals surface area contributed by atoms with Gasteiger partial charge in [-0.05, 0) is 22.4 Å². The standard InChI is InChI=1S/C23H23N3O4/c27-23(17-30-22-11-4-3-10-21(22)26(28)29)25-14-12-24(13-15-25)16-19-8-5-7-18-6-1-2-9-20(18)19/h1-11H,12-17H2. The van der Waals surface area contributed by atoms with Crippen LogP contribution < -0.4 is 4.74 Å². The summed E-state index contributed by atoms with van der Waals surface area (Å²) in [7, 11) is 0. The quantitative estimate of drug-likeness (QED) is 0.464. The normalized spacial score (nSPS) is 14.6. The van der Waals surface area contributed by atoms with Gasteiger partial charge in [0.05, 0.1) is 4.92 Å². The van der Waals surface area contributed by atoms with Crippen molar-refractivity contribution in [2.45, 2.75) is 6.54 Å². The highest BCUT2D eigenvalue weighted by Crippen LogP contribution is 2.26. The number of amides is 1. The average Bonchev–Trinajstić information content (AvgIpc) is 2.78. The van der Waals surface area contributed by atoms with Gasteiger partial charge in [-0.3, -0.25) is 19.8 Å². The fourth-order valence-electron chi connectivity index (χ4n) is 3.79. The highest BCUT2D eigenvalue weighted by atomic mass is 16.6. The first-order chi connectivity index (χ1) is 14.6. The van der Waals surface area contributed by atoms with Crippen LogP contribution >= 0.6 is 0 Å². The van der Waals surface area contributed by atoms with Crippen molar-refractivity contribution < 1.29 is 14.5 Å². The molecule has 4 rings (SSSR count). The van der Waals surface area contributed by atoms with E-state index in [9.17, 15) is 14.9 Å². The van der Waals surface area contributed by atoms with Crippen LogP contribution in [0.3, 0.4) is 0 Å². The van der Waals surface area contributed by atoms with E-state index in [-0.39, 0.29) is 24.0 Å². The molecule has 1 heterocycles. The molecular weight excluding hydrogens is 382 g/mol. The van der Waals surface area contributed by atoms with Crippen molar-refractivity contribution in [1.82, 2.24) is 9.80 Å². The van der Waals surface area contributed by atoms with Gasteiger partial charge in [-0.15, -0.1) is 0 Å². The summed E-state index contributed by atoms with van der Waals surface area (Å²) >= 11 is 0. The molecule has 0 saturated carbocycles. The molecule has 30 heavy (non-hydrogen) atoms. The first-order valence-electron chi connectivity index (χ1n) is 9.95. The lowest BCUT2D eigenvalue weighted by atomic mass is 10.0. The van der Waals surface area contributed by atoms with Gasteiger partial charge in [0.2, 0.25) is 0 Å². The molecule has 0 atom stereocenters. The van der Waals surface area contributed by atoms with Crippen molar-refractivity contribution in [2.24, 2.45) is 0 Å². The Morgan fingerprint density at radius 1 is 0.933 bits per heavy atom. The van der Waals surface area contributed by atoms with E-state index in [2.05, 4.69) is 41.3 Å². The van der Waals surface area contributed by atoms with E-state index in [0.29, 0.717) is 13.1 Å². The largest absolute Gasteiger partial charge is 0.477 e. The Morgan fingerprint density at radius 3 is 2.43 bits per heavy atom. The zero-order valence-electron chi connectivity index (χ0n) is 16.6. The van der Waals surface area contributed by atoms with E-state index in [1.54, 1.807) is 17.0 Å². The highest BCUT2D eigenvalue weighted by molar-refractivity contribution is 5.85. The van der Waals surface area contributed by atoms with Crippen LogP contribution in [0, 0.1) is 10.1 Å². The first-order valence-corrected chi connectivity index (χ1v) is 9.95. The number of hydrogen-bond donors (Lipinski definition) is 0. The molecule has 154 valence electrons.